The Morgan fingerprint density at radius 2 is 2.06 bits per heavy atom. The third kappa shape index (κ3) is 4.39. The number of nitrogens with one attached hydrogen (secondary N) is 1. The molecule has 32 heavy (non-hydrogen) atoms. The monoisotopic (exact) mass is 454 g/mol. The molecule has 0 fully saturated rings. The first-order chi connectivity index (χ1) is 15.3. The van der Waals surface area contributed by atoms with Crippen LogP contribution in [0.2, 0.25) is 5.02 Å². The smallest absolute Gasteiger partial charge is 0.339 e. The molecule has 0 radical (unpaired) electrons. The Bertz CT molecular complexity index is 1250. The number of amides is 1. The van der Waals surface area contributed by atoms with E-state index in [1.165, 1.54) is 12.1 Å². The molecule has 0 saturated carbocycles. The minimum absolute atomic E-state index is 0.0651. The molecule has 164 valence electrons. The first-order valence-corrected chi connectivity index (χ1v) is 10.2. The SMILES string of the molecule is CN1CCc2nc3ccccc3c(C(=O)OCC(=O)Nc3cc([N+](=O)[O-])ccc3Cl)c2C1. The summed E-state index contributed by atoms with van der Waals surface area (Å²) < 4.78 is 5.31. The van der Waals surface area contributed by atoms with Gasteiger partial charge in [-0.2, -0.15) is 0 Å². The number of hydrogen-bond acceptors (Lipinski definition) is 7. The lowest BCUT2D eigenvalue weighted by molar-refractivity contribution is -0.384. The Kier molecular flexibility index (Phi) is 6.02. The van der Waals surface area contributed by atoms with Gasteiger partial charge >= 0.3 is 5.97 Å². The first kappa shape index (κ1) is 21.7. The number of fused-ring (bicyclic) bond motifs is 2. The summed E-state index contributed by atoms with van der Waals surface area (Å²) in [6.07, 6.45) is 0.711. The van der Waals surface area contributed by atoms with Gasteiger partial charge < -0.3 is 15.0 Å². The number of pyridine rings is 1. The molecule has 2 heterocycles. The molecule has 1 N–H and O–H groups in total. The minimum atomic E-state index is -0.662. The van der Waals surface area contributed by atoms with Crippen LogP contribution in [0, 0.1) is 10.1 Å². The number of esters is 1. The molecule has 0 spiro atoms. The van der Waals surface area contributed by atoms with E-state index < -0.39 is 23.4 Å². The Morgan fingerprint density at radius 3 is 2.84 bits per heavy atom. The van der Waals surface area contributed by atoms with Crippen LogP contribution in [-0.4, -0.2) is 46.9 Å². The first-order valence-electron chi connectivity index (χ1n) is 9.83. The Balaban J connectivity index is 1.55. The molecule has 0 unspecified atom stereocenters. The molecule has 3 aromatic rings. The number of nitrogens with zero attached hydrogens (tertiary/aromatic N) is 3. The number of likely N-dealkylation sites (N-methyl/N-ethyl adjacent to an activating group) is 1. The van der Waals surface area contributed by atoms with Crippen LogP contribution in [0.15, 0.2) is 42.5 Å². The van der Waals surface area contributed by atoms with Gasteiger partial charge in [-0.05, 0) is 19.2 Å². The third-order valence-corrected chi connectivity index (χ3v) is 5.54. The molecule has 2 aromatic carbocycles. The van der Waals surface area contributed by atoms with Crippen LogP contribution >= 0.6 is 11.6 Å². The van der Waals surface area contributed by atoms with E-state index in [4.69, 9.17) is 21.3 Å². The number of para-hydroxylation sites is 1. The van der Waals surface area contributed by atoms with Gasteiger partial charge in [0.25, 0.3) is 11.6 Å². The normalized spacial score (nSPS) is 13.4. The average Bonchev–Trinajstić information content (AvgIpc) is 2.77. The molecular formula is C22H19ClN4O5. The van der Waals surface area contributed by atoms with Crippen molar-refractivity contribution in [3.63, 3.8) is 0 Å². The van der Waals surface area contributed by atoms with Crippen molar-refractivity contribution >= 4 is 45.8 Å². The van der Waals surface area contributed by atoms with Crippen LogP contribution in [0.25, 0.3) is 10.9 Å². The fraction of sp³-hybridized carbons (Fsp3) is 0.227. The fourth-order valence-corrected chi connectivity index (χ4v) is 3.84. The summed E-state index contributed by atoms with van der Waals surface area (Å²) in [7, 11) is 1.96. The van der Waals surface area contributed by atoms with Gasteiger partial charge in [0.05, 0.1) is 26.7 Å². The molecule has 1 aliphatic heterocycles. The number of non-ortho nitro benzene ring substituents is 1. The Labute approximate surface area is 188 Å². The van der Waals surface area contributed by atoms with E-state index in [0.717, 1.165) is 23.9 Å². The predicted octanol–water partition coefficient (Wildman–Crippen LogP) is 3.58. The molecule has 9 nitrogen and oxygen atoms in total. The van der Waals surface area contributed by atoms with Gasteiger partial charge in [-0.15, -0.1) is 0 Å². The molecule has 0 atom stereocenters. The number of nitro benzene ring substituents is 1. The van der Waals surface area contributed by atoms with E-state index in [1.54, 1.807) is 6.07 Å². The number of ether oxygens (including phenoxy) is 1. The van der Waals surface area contributed by atoms with Crippen molar-refractivity contribution in [1.82, 2.24) is 9.88 Å². The van der Waals surface area contributed by atoms with Gasteiger partial charge in [-0.25, -0.2) is 4.79 Å². The highest BCUT2D eigenvalue weighted by molar-refractivity contribution is 6.33. The van der Waals surface area contributed by atoms with E-state index in [2.05, 4.69) is 10.2 Å². The second-order valence-corrected chi connectivity index (χ2v) is 7.87. The summed E-state index contributed by atoms with van der Waals surface area (Å²) in [5.74, 6) is -1.29. The molecule has 10 heteroatoms. The predicted molar refractivity (Wildman–Crippen MR) is 119 cm³/mol. The highest BCUT2D eigenvalue weighted by atomic mass is 35.5. The summed E-state index contributed by atoms with van der Waals surface area (Å²) >= 11 is 6.01. The van der Waals surface area contributed by atoms with Crippen molar-refractivity contribution in [1.29, 1.82) is 0 Å². The third-order valence-electron chi connectivity index (χ3n) is 5.21. The lowest BCUT2D eigenvalue weighted by atomic mass is 9.96. The number of halogens is 1. The largest absolute Gasteiger partial charge is 0.452 e. The van der Waals surface area contributed by atoms with E-state index in [9.17, 15) is 19.7 Å². The van der Waals surface area contributed by atoms with Crippen molar-refractivity contribution in [2.45, 2.75) is 13.0 Å². The van der Waals surface area contributed by atoms with Gasteiger partial charge in [0.2, 0.25) is 0 Å². The number of carbonyl (C=O) groups excluding carboxylic acids is 2. The fourth-order valence-electron chi connectivity index (χ4n) is 3.67. The van der Waals surface area contributed by atoms with Gasteiger partial charge in [0.15, 0.2) is 6.61 Å². The highest BCUT2D eigenvalue weighted by Gasteiger charge is 2.26. The molecule has 1 aliphatic rings. The summed E-state index contributed by atoms with van der Waals surface area (Å²) in [4.78, 5) is 42.5. The number of nitro groups is 1. The van der Waals surface area contributed by atoms with E-state index >= 15 is 0 Å². The lowest BCUT2D eigenvalue weighted by Gasteiger charge is -2.26. The van der Waals surface area contributed by atoms with Crippen LogP contribution in [0.4, 0.5) is 11.4 Å². The van der Waals surface area contributed by atoms with Crippen molar-refractivity contribution in [3.8, 4) is 0 Å². The van der Waals surface area contributed by atoms with Crippen molar-refractivity contribution < 1.29 is 19.2 Å². The van der Waals surface area contributed by atoms with Crippen molar-refractivity contribution in [2.24, 2.45) is 0 Å². The zero-order valence-corrected chi connectivity index (χ0v) is 17.9. The maximum Gasteiger partial charge on any atom is 0.339 e. The highest BCUT2D eigenvalue weighted by Crippen LogP contribution is 2.29. The number of hydrogen-bond donors (Lipinski definition) is 1. The molecule has 0 bridgehead atoms. The summed E-state index contributed by atoms with van der Waals surface area (Å²) in [6, 6.07) is 11.0. The van der Waals surface area contributed by atoms with Crippen LogP contribution in [0.5, 0.6) is 0 Å². The average molecular weight is 455 g/mol. The van der Waals surface area contributed by atoms with E-state index in [-0.39, 0.29) is 16.4 Å². The van der Waals surface area contributed by atoms with Crippen LogP contribution < -0.4 is 5.32 Å². The summed E-state index contributed by atoms with van der Waals surface area (Å²) in [6.45, 7) is 0.811. The van der Waals surface area contributed by atoms with Crippen LogP contribution in [-0.2, 0) is 22.5 Å². The maximum atomic E-state index is 13.0. The number of rotatable bonds is 5. The Morgan fingerprint density at radius 1 is 1.28 bits per heavy atom. The zero-order valence-electron chi connectivity index (χ0n) is 17.1. The van der Waals surface area contributed by atoms with Crippen molar-refractivity contribution in [2.75, 3.05) is 25.5 Å². The molecule has 0 saturated heterocycles. The molecule has 1 aromatic heterocycles. The summed E-state index contributed by atoms with van der Waals surface area (Å²) in [5, 5.41) is 14.2. The standard InChI is InChI=1S/C22H19ClN4O5/c1-26-9-8-18-15(11-26)21(14-4-2-3-5-17(14)24-18)22(29)32-12-20(28)25-19-10-13(27(30)31)6-7-16(19)23/h2-7,10H,8-9,11-12H2,1H3,(H,25,28). The number of benzene rings is 2. The van der Waals surface area contributed by atoms with Gasteiger partial charge in [-0.1, -0.05) is 29.8 Å². The van der Waals surface area contributed by atoms with Crippen LogP contribution in [0.1, 0.15) is 21.6 Å². The minimum Gasteiger partial charge on any atom is -0.452 e. The quantitative estimate of drug-likeness (QED) is 0.356. The van der Waals surface area contributed by atoms with Gasteiger partial charge in [0, 0.05) is 48.3 Å². The van der Waals surface area contributed by atoms with Crippen molar-refractivity contribution in [3.05, 3.63) is 74.4 Å². The lowest BCUT2D eigenvalue weighted by Crippen LogP contribution is -2.30. The molecular weight excluding hydrogens is 436 g/mol. The second-order valence-electron chi connectivity index (χ2n) is 7.46. The Hall–Kier alpha value is -3.56. The molecule has 0 aliphatic carbocycles. The number of carbonyl (C=O) groups is 2. The van der Waals surface area contributed by atoms with Gasteiger partial charge in [-0.3, -0.25) is 19.9 Å². The molecule has 4 rings (SSSR count). The van der Waals surface area contributed by atoms with Gasteiger partial charge in [0.1, 0.15) is 0 Å². The second kappa shape index (κ2) is 8.89. The zero-order chi connectivity index (χ0) is 22.8. The topological polar surface area (TPSA) is 115 Å². The van der Waals surface area contributed by atoms with Crippen LogP contribution in [0.3, 0.4) is 0 Å². The number of aromatic nitrogens is 1. The maximum absolute atomic E-state index is 13.0. The molecule has 1 amide bonds. The van der Waals surface area contributed by atoms with E-state index in [0.29, 0.717) is 29.4 Å². The van der Waals surface area contributed by atoms with E-state index in [1.807, 2.05) is 25.2 Å². The summed E-state index contributed by atoms with van der Waals surface area (Å²) in [5.41, 5.74) is 2.58. The number of anilines is 1.